The number of fused-ring (bicyclic) bond motifs is 1. The number of hydrogen-bond acceptors (Lipinski definition) is 5. The number of carbonyl (C=O) groups is 1. The molecule has 2 fully saturated rings. The lowest BCUT2D eigenvalue weighted by atomic mass is 9.74. The Morgan fingerprint density at radius 1 is 1.29 bits per heavy atom. The van der Waals surface area contributed by atoms with Crippen LogP contribution in [0.1, 0.15) is 24.4 Å². The van der Waals surface area contributed by atoms with E-state index in [1.54, 1.807) is 4.90 Å². The highest BCUT2D eigenvalue weighted by Gasteiger charge is 2.53. The minimum absolute atomic E-state index is 0.256. The molecule has 4 rings (SSSR count). The molecule has 0 aliphatic carbocycles. The Morgan fingerprint density at radius 3 is 2.82 bits per heavy atom. The van der Waals surface area contributed by atoms with Gasteiger partial charge in [0.1, 0.15) is 17.3 Å². The average Bonchev–Trinajstić information content (AvgIpc) is 3.21. The Hall–Kier alpha value is -2.34. The highest BCUT2D eigenvalue weighted by Crippen LogP contribution is 2.45. The summed E-state index contributed by atoms with van der Waals surface area (Å²) < 4.78 is 5.80. The van der Waals surface area contributed by atoms with Gasteiger partial charge in [0.2, 0.25) is 5.91 Å². The summed E-state index contributed by atoms with van der Waals surface area (Å²) in [6, 6.07) is 10.1. The molecule has 0 spiro atoms. The predicted octanol–water partition coefficient (Wildman–Crippen LogP) is 2.79. The van der Waals surface area contributed by atoms with Crippen LogP contribution in [0.25, 0.3) is 0 Å². The fraction of sp³-hybridized carbons (Fsp3) is 0.545. The van der Waals surface area contributed by atoms with Crippen LogP contribution < -0.4 is 4.90 Å². The van der Waals surface area contributed by atoms with Gasteiger partial charge in [-0.3, -0.25) is 9.69 Å². The SMILES string of the molecule is Cc1ccc(CN2CCC[C@]3(C(=O)N(C)C)CN(c4ccccn4)C[C@@H]3C2)o1. The van der Waals surface area contributed by atoms with E-state index >= 15 is 0 Å². The Bertz CT molecular complexity index is 819. The van der Waals surface area contributed by atoms with Crippen molar-refractivity contribution in [2.24, 2.45) is 11.3 Å². The van der Waals surface area contributed by atoms with E-state index in [2.05, 4.69) is 20.9 Å². The molecule has 0 N–H and O–H groups in total. The first kappa shape index (κ1) is 19.0. The van der Waals surface area contributed by atoms with Crippen LogP contribution in [0.5, 0.6) is 0 Å². The van der Waals surface area contributed by atoms with Gasteiger partial charge in [-0.25, -0.2) is 4.98 Å². The second-order valence-electron chi connectivity index (χ2n) is 8.47. The van der Waals surface area contributed by atoms with Crippen molar-refractivity contribution >= 4 is 11.7 Å². The second kappa shape index (κ2) is 7.59. The number of aryl methyl sites for hydroxylation is 1. The number of likely N-dealkylation sites (tertiary alicyclic amines) is 1. The number of pyridine rings is 1. The molecule has 6 nitrogen and oxygen atoms in total. The molecule has 2 aliphatic heterocycles. The molecule has 0 saturated carbocycles. The summed E-state index contributed by atoms with van der Waals surface area (Å²) in [4.78, 5) is 24.4. The molecule has 2 aromatic rings. The molecule has 4 heterocycles. The number of furan rings is 1. The van der Waals surface area contributed by atoms with Crippen LogP contribution >= 0.6 is 0 Å². The van der Waals surface area contributed by atoms with Crippen molar-refractivity contribution in [3.8, 4) is 0 Å². The number of anilines is 1. The molecule has 150 valence electrons. The molecule has 0 aromatic carbocycles. The summed E-state index contributed by atoms with van der Waals surface area (Å²) in [6.07, 6.45) is 3.77. The number of amides is 1. The summed E-state index contributed by atoms with van der Waals surface area (Å²) >= 11 is 0. The molecule has 2 atom stereocenters. The highest BCUT2D eigenvalue weighted by atomic mass is 16.3. The van der Waals surface area contributed by atoms with Crippen molar-refractivity contribution in [1.82, 2.24) is 14.8 Å². The van der Waals surface area contributed by atoms with Gasteiger partial charge in [-0.05, 0) is 50.6 Å². The minimum atomic E-state index is -0.338. The van der Waals surface area contributed by atoms with E-state index in [4.69, 9.17) is 4.42 Å². The van der Waals surface area contributed by atoms with E-state index in [0.29, 0.717) is 0 Å². The lowest BCUT2D eigenvalue weighted by Gasteiger charge is -2.34. The number of rotatable bonds is 4. The molecule has 0 radical (unpaired) electrons. The molecule has 1 amide bonds. The quantitative estimate of drug-likeness (QED) is 0.814. The maximum Gasteiger partial charge on any atom is 0.230 e. The fourth-order valence-electron chi connectivity index (χ4n) is 4.96. The first-order chi connectivity index (χ1) is 13.5. The maximum atomic E-state index is 13.3. The minimum Gasteiger partial charge on any atom is -0.465 e. The third-order valence-corrected chi connectivity index (χ3v) is 6.25. The van der Waals surface area contributed by atoms with Crippen LogP contribution in [0.4, 0.5) is 5.82 Å². The van der Waals surface area contributed by atoms with Crippen molar-refractivity contribution in [3.05, 3.63) is 48.0 Å². The lowest BCUT2D eigenvalue weighted by Crippen LogP contribution is -2.47. The van der Waals surface area contributed by atoms with Crippen molar-refractivity contribution in [3.63, 3.8) is 0 Å². The van der Waals surface area contributed by atoms with Gasteiger partial charge in [-0.15, -0.1) is 0 Å². The lowest BCUT2D eigenvalue weighted by molar-refractivity contribution is -0.141. The third-order valence-electron chi connectivity index (χ3n) is 6.25. The number of nitrogens with zero attached hydrogens (tertiary/aromatic N) is 4. The summed E-state index contributed by atoms with van der Waals surface area (Å²) in [6.45, 7) is 6.31. The van der Waals surface area contributed by atoms with Gasteiger partial charge < -0.3 is 14.2 Å². The fourth-order valence-corrected chi connectivity index (χ4v) is 4.96. The summed E-state index contributed by atoms with van der Waals surface area (Å²) in [5.74, 6) is 3.46. The second-order valence-corrected chi connectivity index (χ2v) is 8.47. The molecule has 6 heteroatoms. The first-order valence-electron chi connectivity index (χ1n) is 10.1. The predicted molar refractivity (Wildman–Crippen MR) is 109 cm³/mol. The van der Waals surface area contributed by atoms with Crippen molar-refractivity contribution in [1.29, 1.82) is 0 Å². The van der Waals surface area contributed by atoms with Crippen molar-refractivity contribution in [2.45, 2.75) is 26.3 Å². The molecule has 28 heavy (non-hydrogen) atoms. The van der Waals surface area contributed by atoms with Crippen LogP contribution in [0.2, 0.25) is 0 Å². The van der Waals surface area contributed by atoms with Gasteiger partial charge in [0.05, 0.1) is 12.0 Å². The van der Waals surface area contributed by atoms with E-state index in [9.17, 15) is 4.79 Å². The largest absolute Gasteiger partial charge is 0.465 e. The Labute approximate surface area is 167 Å². The van der Waals surface area contributed by atoms with Gasteiger partial charge in [0.25, 0.3) is 0 Å². The summed E-state index contributed by atoms with van der Waals surface area (Å²) in [5.41, 5.74) is -0.338. The van der Waals surface area contributed by atoms with E-state index in [0.717, 1.165) is 62.9 Å². The van der Waals surface area contributed by atoms with E-state index in [1.807, 2.05) is 51.5 Å². The van der Waals surface area contributed by atoms with Gasteiger partial charge >= 0.3 is 0 Å². The zero-order chi connectivity index (χ0) is 19.7. The van der Waals surface area contributed by atoms with Crippen molar-refractivity contribution < 1.29 is 9.21 Å². The normalized spacial score (nSPS) is 25.4. The molecular weight excluding hydrogens is 352 g/mol. The third kappa shape index (κ3) is 3.53. The summed E-state index contributed by atoms with van der Waals surface area (Å²) in [7, 11) is 3.76. The Morgan fingerprint density at radius 2 is 2.14 bits per heavy atom. The van der Waals surface area contributed by atoms with Crippen LogP contribution in [-0.4, -0.2) is 61.0 Å². The first-order valence-corrected chi connectivity index (χ1v) is 10.1. The maximum absolute atomic E-state index is 13.3. The van der Waals surface area contributed by atoms with Crippen LogP contribution in [0.3, 0.4) is 0 Å². The van der Waals surface area contributed by atoms with E-state index < -0.39 is 0 Å². The zero-order valence-electron chi connectivity index (χ0n) is 17.1. The van der Waals surface area contributed by atoms with Gasteiger partial charge in [0, 0.05) is 45.8 Å². The van der Waals surface area contributed by atoms with Crippen LogP contribution in [-0.2, 0) is 11.3 Å². The Kier molecular flexibility index (Phi) is 5.15. The number of carbonyl (C=O) groups excluding carboxylic acids is 1. The number of aromatic nitrogens is 1. The Balaban J connectivity index is 1.59. The smallest absolute Gasteiger partial charge is 0.230 e. The standard InChI is InChI=1S/C22H30N4O2/c1-17-8-9-19(28-17)15-25-12-6-10-22(21(27)24(2)3)16-26(14-18(22)13-25)20-7-4-5-11-23-20/h4-5,7-9,11,18H,6,10,12-16H2,1-3H3/t18-,22-/m0/s1. The molecule has 0 unspecified atom stereocenters. The van der Waals surface area contributed by atoms with Crippen LogP contribution in [0.15, 0.2) is 40.9 Å². The topological polar surface area (TPSA) is 52.8 Å². The number of hydrogen-bond donors (Lipinski definition) is 0. The molecule has 2 saturated heterocycles. The van der Waals surface area contributed by atoms with Crippen LogP contribution in [0, 0.1) is 18.3 Å². The average molecular weight is 383 g/mol. The van der Waals surface area contributed by atoms with Gasteiger partial charge in [0.15, 0.2) is 0 Å². The highest BCUT2D eigenvalue weighted by molar-refractivity contribution is 5.84. The van der Waals surface area contributed by atoms with Gasteiger partial charge in [-0.1, -0.05) is 6.07 Å². The van der Waals surface area contributed by atoms with E-state index in [1.165, 1.54) is 0 Å². The van der Waals surface area contributed by atoms with E-state index in [-0.39, 0.29) is 17.2 Å². The molecule has 0 bridgehead atoms. The summed E-state index contributed by atoms with van der Waals surface area (Å²) in [5, 5.41) is 0. The molecular formula is C22H30N4O2. The monoisotopic (exact) mass is 382 g/mol. The molecule has 2 aliphatic rings. The molecule has 2 aromatic heterocycles. The van der Waals surface area contributed by atoms with Gasteiger partial charge in [-0.2, -0.15) is 0 Å². The zero-order valence-corrected chi connectivity index (χ0v) is 17.1. The van der Waals surface area contributed by atoms with Crippen molar-refractivity contribution in [2.75, 3.05) is 45.2 Å².